The number of halogens is 1. The van der Waals surface area contributed by atoms with Crippen molar-refractivity contribution >= 4 is 23.2 Å². The van der Waals surface area contributed by atoms with Gasteiger partial charge in [0, 0.05) is 23.9 Å². The van der Waals surface area contributed by atoms with Gasteiger partial charge < -0.3 is 20.1 Å². The lowest BCUT2D eigenvalue weighted by Crippen LogP contribution is -2.21. The Hall–Kier alpha value is -3.87. The zero-order valence-electron chi connectivity index (χ0n) is 16.7. The molecule has 158 valence electrons. The molecule has 0 saturated heterocycles. The number of anilines is 2. The second kappa shape index (κ2) is 9.30. The fourth-order valence-corrected chi connectivity index (χ4v) is 3.26. The summed E-state index contributed by atoms with van der Waals surface area (Å²) in [6.07, 6.45) is 1.09. The predicted octanol–water partition coefficient (Wildman–Crippen LogP) is 4.31. The van der Waals surface area contributed by atoms with Crippen LogP contribution in [0.2, 0.25) is 0 Å². The van der Waals surface area contributed by atoms with Gasteiger partial charge in [0.05, 0.1) is 0 Å². The number of benzene rings is 3. The molecule has 2 N–H and O–H groups in total. The number of carbonyl (C=O) groups excluding carboxylic acids is 2. The number of fused-ring (bicyclic) bond motifs is 1. The first-order valence-electron chi connectivity index (χ1n) is 9.88. The number of carbonyl (C=O) groups is 2. The van der Waals surface area contributed by atoms with Crippen LogP contribution in [0.25, 0.3) is 0 Å². The Morgan fingerprint density at radius 2 is 1.81 bits per heavy atom. The number of aryl methyl sites for hydroxylation is 1. The third kappa shape index (κ3) is 5.60. The summed E-state index contributed by atoms with van der Waals surface area (Å²) < 4.78 is 24.4. The molecule has 0 radical (unpaired) electrons. The first-order chi connectivity index (χ1) is 15.0. The Labute approximate surface area is 179 Å². The fourth-order valence-electron chi connectivity index (χ4n) is 3.26. The highest BCUT2D eigenvalue weighted by Crippen LogP contribution is 2.26. The Morgan fingerprint density at radius 1 is 0.968 bits per heavy atom. The van der Waals surface area contributed by atoms with E-state index in [1.807, 2.05) is 12.1 Å². The lowest BCUT2D eigenvalue weighted by Gasteiger charge is -2.17. The molecule has 1 aliphatic rings. The molecule has 0 fully saturated rings. The van der Waals surface area contributed by atoms with Crippen molar-refractivity contribution in [2.24, 2.45) is 0 Å². The van der Waals surface area contributed by atoms with E-state index in [2.05, 4.69) is 10.6 Å². The summed E-state index contributed by atoms with van der Waals surface area (Å²) >= 11 is 0. The molecule has 0 spiro atoms. The zero-order chi connectivity index (χ0) is 21.6. The molecule has 3 aromatic rings. The zero-order valence-corrected chi connectivity index (χ0v) is 16.7. The van der Waals surface area contributed by atoms with Gasteiger partial charge in [-0.05, 0) is 60.0 Å². The van der Waals surface area contributed by atoms with Crippen molar-refractivity contribution in [2.75, 3.05) is 17.2 Å². The lowest BCUT2D eigenvalue weighted by atomic mass is 10.0. The maximum atomic E-state index is 13.2. The Kier molecular flexibility index (Phi) is 6.12. The predicted molar refractivity (Wildman–Crippen MR) is 115 cm³/mol. The van der Waals surface area contributed by atoms with Gasteiger partial charge in [-0.15, -0.1) is 0 Å². The molecule has 31 heavy (non-hydrogen) atoms. The minimum atomic E-state index is -0.359. The molecule has 6 nitrogen and oxygen atoms in total. The van der Waals surface area contributed by atoms with Crippen molar-refractivity contribution in [1.29, 1.82) is 0 Å². The van der Waals surface area contributed by atoms with E-state index in [0.29, 0.717) is 30.0 Å². The molecule has 4 rings (SSSR count). The molecular formula is C24H21FN2O4. The van der Waals surface area contributed by atoms with E-state index in [-0.39, 0.29) is 30.8 Å². The Balaban J connectivity index is 1.29. The molecule has 0 atom stereocenters. The van der Waals surface area contributed by atoms with Crippen LogP contribution in [0.4, 0.5) is 15.8 Å². The summed E-state index contributed by atoms with van der Waals surface area (Å²) in [4.78, 5) is 23.7. The van der Waals surface area contributed by atoms with Crippen molar-refractivity contribution in [2.45, 2.75) is 19.4 Å². The van der Waals surface area contributed by atoms with Crippen LogP contribution in [0.1, 0.15) is 17.5 Å². The third-order valence-corrected chi connectivity index (χ3v) is 4.75. The molecule has 0 aromatic heterocycles. The first kappa shape index (κ1) is 20.4. The molecular weight excluding hydrogens is 399 g/mol. The first-order valence-corrected chi connectivity index (χ1v) is 9.88. The number of hydrogen-bond acceptors (Lipinski definition) is 4. The largest absolute Gasteiger partial charge is 0.489 e. The van der Waals surface area contributed by atoms with Gasteiger partial charge in [0.25, 0.3) is 5.91 Å². The van der Waals surface area contributed by atoms with Gasteiger partial charge in [0.15, 0.2) is 6.61 Å². The van der Waals surface area contributed by atoms with Gasteiger partial charge in [-0.1, -0.05) is 18.2 Å². The Bertz CT molecular complexity index is 1120. The van der Waals surface area contributed by atoms with Gasteiger partial charge in [0.1, 0.15) is 23.9 Å². The van der Waals surface area contributed by atoms with E-state index in [0.717, 1.165) is 16.8 Å². The van der Waals surface area contributed by atoms with Crippen LogP contribution in [0.3, 0.4) is 0 Å². The van der Waals surface area contributed by atoms with Crippen molar-refractivity contribution in [3.8, 4) is 11.5 Å². The number of rotatable bonds is 7. The van der Waals surface area contributed by atoms with Crippen molar-refractivity contribution in [3.05, 3.63) is 83.7 Å². The molecule has 3 aromatic carbocycles. The van der Waals surface area contributed by atoms with E-state index in [1.54, 1.807) is 42.5 Å². The summed E-state index contributed by atoms with van der Waals surface area (Å²) in [5.74, 6) is 0.357. The van der Waals surface area contributed by atoms with Gasteiger partial charge in [-0.3, -0.25) is 9.59 Å². The van der Waals surface area contributed by atoms with Gasteiger partial charge >= 0.3 is 0 Å². The number of ether oxygens (including phenoxy) is 2. The van der Waals surface area contributed by atoms with Crippen LogP contribution in [0.5, 0.6) is 11.5 Å². The minimum Gasteiger partial charge on any atom is -0.489 e. The summed E-state index contributed by atoms with van der Waals surface area (Å²) in [7, 11) is 0. The molecule has 7 heteroatoms. The quantitative estimate of drug-likeness (QED) is 0.597. The maximum absolute atomic E-state index is 13.2. The molecule has 2 amide bonds. The van der Waals surface area contributed by atoms with E-state index in [1.165, 1.54) is 12.1 Å². The monoisotopic (exact) mass is 420 g/mol. The number of hydrogen-bond donors (Lipinski definition) is 2. The minimum absolute atomic E-state index is 0.00380. The number of amides is 2. The van der Waals surface area contributed by atoms with Crippen molar-refractivity contribution < 1.29 is 23.5 Å². The topological polar surface area (TPSA) is 76.7 Å². The maximum Gasteiger partial charge on any atom is 0.262 e. The molecule has 0 unspecified atom stereocenters. The highest BCUT2D eigenvalue weighted by Gasteiger charge is 2.15. The molecule has 1 aliphatic heterocycles. The second-order valence-corrected chi connectivity index (χ2v) is 7.15. The van der Waals surface area contributed by atoms with E-state index in [9.17, 15) is 14.0 Å². The van der Waals surface area contributed by atoms with Crippen LogP contribution >= 0.6 is 0 Å². The lowest BCUT2D eigenvalue weighted by molar-refractivity contribution is -0.118. The highest BCUT2D eigenvalue weighted by molar-refractivity contribution is 5.94. The summed E-state index contributed by atoms with van der Waals surface area (Å²) in [6.45, 7) is 0.102. The van der Waals surface area contributed by atoms with Gasteiger partial charge in [-0.2, -0.15) is 0 Å². The van der Waals surface area contributed by atoms with Crippen molar-refractivity contribution in [3.63, 3.8) is 0 Å². The van der Waals surface area contributed by atoms with Crippen LogP contribution in [-0.2, 0) is 22.6 Å². The smallest absolute Gasteiger partial charge is 0.262 e. The standard InChI is InChI=1S/C24H21FN2O4/c25-18-4-2-6-20(13-18)30-14-16-3-1-5-19(11-16)26-24(29)15-31-21-8-9-22-17(12-21)7-10-23(28)27-22/h1-6,8-9,11-13H,7,10,14-15H2,(H,26,29)(H,27,28). The Morgan fingerprint density at radius 3 is 2.68 bits per heavy atom. The average molecular weight is 420 g/mol. The van der Waals surface area contributed by atoms with Crippen LogP contribution in [0, 0.1) is 5.82 Å². The summed E-state index contributed by atoms with van der Waals surface area (Å²) in [5.41, 5.74) is 3.22. The number of nitrogens with one attached hydrogen (secondary N) is 2. The summed E-state index contributed by atoms with van der Waals surface area (Å²) in [5, 5.41) is 5.60. The normalized spacial score (nSPS) is 12.5. The highest BCUT2D eigenvalue weighted by atomic mass is 19.1. The third-order valence-electron chi connectivity index (χ3n) is 4.75. The van der Waals surface area contributed by atoms with E-state index >= 15 is 0 Å². The van der Waals surface area contributed by atoms with Gasteiger partial charge in [0.2, 0.25) is 5.91 Å². The van der Waals surface area contributed by atoms with E-state index in [4.69, 9.17) is 9.47 Å². The van der Waals surface area contributed by atoms with Crippen LogP contribution in [0.15, 0.2) is 66.7 Å². The van der Waals surface area contributed by atoms with E-state index < -0.39 is 0 Å². The van der Waals surface area contributed by atoms with Crippen molar-refractivity contribution in [1.82, 2.24) is 0 Å². The summed E-state index contributed by atoms with van der Waals surface area (Å²) in [6, 6.07) is 18.5. The van der Waals surface area contributed by atoms with Crippen LogP contribution in [-0.4, -0.2) is 18.4 Å². The molecule has 0 saturated carbocycles. The van der Waals surface area contributed by atoms with Crippen LogP contribution < -0.4 is 20.1 Å². The van der Waals surface area contributed by atoms with Gasteiger partial charge in [-0.25, -0.2) is 4.39 Å². The molecule has 1 heterocycles. The SMILES string of the molecule is O=C(COc1ccc2c(c1)CCC(=O)N2)Nc1cccc(COc2cccc(F)c2)c1. The molecule has 0 bridgehead atoms. The molecule has 0 aliphatic carbocycles. The fraction of sp³-hybridized carbons (Fsp3) is 0.167. The second-order valence-electron chi connectivity index (χ2n) is 7.15. The average Bonchev–Trinajstić information content (AvgIpc) is 2.76.